The van der Waals surface area contributed by atoms with E-state index in [9.17, 15) is 9.59 Å². The second-order valence-electron chi connectivity index (χ2n) is 4.74. The number of carbonyl (C=O) groups excluding carboxylic acids is 2. The Balaban J connectivity index is 3.67. The predicted octanol–water partition coefficient (Wildman–Crippen LogP) is 0.607. The summed E-state index contributed by atoms with van der Waals surface area (Å²) in [5, 5.41) is 5.22. The average molecular weight is 257 g/mol. The van der Waals surface area contributed by atoms with Crippen LogP contribution in [0, 0.1) is 5.92 Å². The first-order chi connectivity index (χ1) is 8.51. The van der Waals surface area contributed by atoms with Crippen molar-refractivity contribution in [1.82, 2.24) is 15.5 Å². The number of hydrogen-bond donors (Lipinski definition) is 2. The molecule has 0 bridgehead atoms. The van der Waals surface area contributed by atoms with Gasteiger partial charge in [0.15, 0.2) is 0 Å². The van der Waals surface area contributed by atoms with E-state index in [1.807, 2.05) is 13.8 Å². The summed E-state index contributed by atoms with van der Waals surface area (Å²) in [6, 6.07) is 0. The van der Waals surface area contributed by atoms with Gasteiger partial charge in [-0.15, -0.1) is 0 Å². The van der Waals surface area contributed by atoms with E-state index >= 15 is 0 Å². The highest BCUT2D eigenvalue weighted by Gasteiger charge is 2.12. The van der Waals surface area contributed by atoms with E-state index in [4.69, 9.17) is 0 Å². The lowest BCUT2D eigenvalue weighted by Gasteiger charge is -2.17. The molecule has 0 aromatic heterocycles. The van der Waals surface area contributed by atoms with Gasteiger partial charge in [-0.05, 0) is 32.0 Å². The largest absolute Gasteiger partial charge is 0.348 e. The molecule has 0 fully saturated rings. The third-order valence-electron chi connectivity index (χ3n) is 2.71. The third kappa shape index (κ3) is 8.06. The summed E-state index contributed by atoms with van der Waals surface area (Å²) in [7, 11) is 0. The smallest absolute Gasteiger partial charge is 0.309 e. The molecule has 0 rings (SSSR count). The first-order valence-corrected chi connectivity index (χ1v) is 6.79. The first kappa shape index (κ1) is 16.9. The summed E-state index contributed by atoms with van der Waals surface area (Å²) < 4.78 is 0. The predicted molar refractivity (Wildman–Crippen MR) is 73.3 cm³/mol. The number of nitrogens with zero attached hydrogens (tertiary/aromatic N) is 1. The van der Waals surface area contributed by atoms with E-state index in [2.05, 4.69) is 29.4 Å². The van der Waals surface area contributed by atoms with E-state index in [0.717, 1.165) is 26.1 Å². The summed E-state index contributed by atoms with van der Waals surface area (Å²) in [6.45, 7) is 12.3. The molecule has 0 unspecified atom stereocenters. The number of carbonyl (C=O) groups is 2. The molecule has 0 saturated carbocycles. The minimum absolute atomic E-state index is 0.351. The third-order valence-corrected chi connectivity index (χ3v) is 2.71. The maximum absolute atomic E-state index is 11.4. The zero-order chi connectivity index (χ0) is 14.0. The fourth-order valence-corrected chi connectivity index (χ4v) is 1.50. The Morgan fingerprint density at radius 3 is 2.11 bits per heavy atom. The van der Waals surface area contributed by atoms with Crippen LogP contribution in [-0.4, -0.2) is 49.4 Å². The maximum Gasteiger partial charge on any atom is 0.309 e. The minimum Gasteiger partial charge on any atom is -0.348 e. The second-order valence-corrected chi connectivity index (χ2v) is 4.74. The fraction of sp³-hybridized carbons (Fsp3) is 0.846. The zero-order valence-electron chi connectivity index (χ0n) is 12.1. The van der Waals surface area contributed by atoms with Crippen LogP contribution in [-0.2, 0) is 9.59 Å². The minimum atomic E-state index is -0.536. The quantitative estimate of drug-likeness (QED) is 0.494. The standard InChI is InChI=1S/C13H27N3O2/c1-5-16(6-2)9-7-8-14-12(17)13(18)15-10-11(3)4/h11H,5-10H2,1-4H3,(H,14,17)(H,15,18). The molecule has 0 radical (unpaired) electrons. The van der Waals surface area contributed by atoms with E-state index in [1.165, 1.54) is 0 Å². The molecule has 0 heterocycles. The molecule has 0 aromatic rings. The fourth-order valence-electron chi connectivity index (χ4n) is 1.50. The number of nitrogens with one attached hydrogen (secondary N) is 2. The van der Waals surface area contributed by atoms with Crippen LogP contribution in [0.15, 0.2) is 0 Å². The lowest BCUT2D eigenvalue weighted by molar-refractivity contribution is -0.139. The molecule has 0 saturated heterocycles. The van der Waals surface area contributed by atoms with Gasteiger partial charge >= 0.3 is 11.8 Å². The topological polar surface area (TPSA) is 61.4 Å². The Bertz CT molecular complexity index is 251. The second kappa shape index (κ2) is 9.88. The van der Waals surface area contributed by atoms with Crippen molar-refractivity contribution >= 4 is 11.8 Å². The SMILES string of the molecule is CCN(CC)CCCNC(=O)C(=O)NCC(C)C. The van der Waals surface area contributed by atoms with Crippen molar-refractivity contribution in [2.24, 2.45) is 5.92 Å². The number of amides is 2. The monoisotopic (exact) mass is 257 g/mol. The van der Waals surface area contributed by atoms with Crippen molar-refractivity contribution in [3.8, 4) is 0 Å². The zero-order valence-corrected chi connectivity index (χ0v) is 12.1. The van der Waals surface area contributed by atoms with Crippen molar-refractivity contribution in [3.63, 3.8) is 0 Å². The molecule has 2 amide bonds. The highest BCUT2D eigenvalue weighted by atomic mass is 16.2. The van der Waals surface area contributed by atoms with Gasteiger partial charge in [-0.3, -0.25) is 9.59 Å². The maximum atomic E-state index is 11.4. The van der Waals surface area contributed by atoms with Crippen LogP contribution in [0.5, 0.6) is 0 Å². The van der Waals surface area contributed by atoms with E-state index in [0.29, 0.717) is 19.0 Å². The van der Waals surface area contributed by atoms with Gasteiger partial charge < -0.3 is 15.5 Å². The first-order valence-electron chi connectivity index (χ1n) is 6.79. The van der Waals surface area contributed by atoms with Crippen LogP contribution in [0.4, 0.5) is 0 Å². The Morgan fingerprint density at radius 2 is 1.61 bits per heavy atom. The lowest BCUT2D eigenvalue weighted by atomic mass is 10.2. The number of rotatable bonds is 8. The van der Waals surface area contributed by atoms with Gasteiger partial charge in [-0.1, -0.05) is 27.7 Å². The van der Waals surface area contributed by atoms with Crippen molar-refractivity contribution in [2.75, 3.05) is 32.7 Å². The van der Waals surface area contributed by atoms with E-state index in [1.54, 1.807) is 0 Å². The van der Waals surface area contributed by atoms with Crippen molar-refractivity contribution < 1.29 is 9.59 Å². The molecule has 5 nitrogen and oxygen atoms in total. The normalized spacial score (nSPS) is 10.8. The molecule has 18 heavy (non-hydrogen) atoms. The summed E-state index contributed by atoms with van der Waals surface area (Å²) >= 11 is 0. The Hall–Kier alpha value is -1.10. The van der Waals surface area contributed by atoms with Gasteiger partial charge in [0.2, 0.25) is 0 Å². The van der Waals surface area contributed by atoms with Crippen LogP contribution >= 0.6 is 0 Å². The van der Waals surface area contributed by atoms with E-state index in [-0.39, 0.29) is 0 Å². The molecule has 0 aliphatic rings. The molecule has 0 aliphatic heterocycles. The van der Waals surface area contributed by atoms with Gasteiger partial charge in [0.1, 0.15) is 0 Å². The molecule has 0 spiro atoms. The Kier molecular flexibility index (Phi) is 9.28. The highest BCUT2D eigenvalue weighted by molar-refractivity contribution is 6.35. The van der Waals surface area contributed by atoms with Crippen LogP contribution in [0.25, 0.3) is 0 Å². The van der Waals surface area contributed by atoms with Crippen LogP contribution in [0.3, 0.4) is 0 Å². The van der Waals surface area contributed by atoms with Gasteiger partial charge in [0, 0.05) is 13.1 Å². The Labute approximate surface area is 110 Å². The lowest BCUT2D eigenvalue weighted by Crippen LogP contribution is -2.42. The molecular weight excluding hydrogens is 230 g/mol. The average Bonchev–Trinajstić information content (AvgIpc) is 2.35. The van der Waals surface area contributed by atoms with Crippen LogP contribution < -0.4 is 10.6 Å². The van der Waals surface area contributed by atoms with Gasteiger partial charge in [0.25, 0.3) is 0 Å². The molecule has 0 aliphatic carbocycles. The molecule has 106 valence electrons. The molecular formula is C13H27N3O2. The van der Waals surface area contributed by atoms with Crippen molar-refractivity contribution in [1.29, 1.82) is 0 Å². The van der Waals surface area contributed by atoms with Crippen LogP contribution in [0.2, 0.25) is 0 Å². The van der Waals surface area contributed by atoms with E-state index < -0.39 is 11.8 Å². The summed E-state index contributed by atoms with van der Waals surface area (Å²) in [5.41, 5.74) is 0. The highest BCUT2D eigenvalue weighted by Crippen LogP contribution is 1.89. The molecule has 0 aromatic carbocycles. The van der Waals surface area contributed by atoms with Crippen molar-refractivity contribution in [3.05, 3.63) is 0 Å². The van der Waals surface area contributed by atoms with Crippen molar-refractivity contribution in [2.45, 2.75) is 34.1 Å². The summed E-state index contributed by atoms with van der Waals surface area (Å²) in [4.78, 5) is 25.0. The van der Waals surface area contributed by atoms with Crippen LogP contribution in [0.1, 0.15) is 34.1 Å². The molecule has 0 atom stereocenters. The summed E-state index contributed by atoms with van der Waals surface area (Å²) in [6.07, 6.45) is 0.866. The summed E-state index contributed by atoms with van der Waals surface area (Å²) in [5.74, 6) is -0.717. The molecule has 2 N–H and O–H groups in total. The van der Waals surface area contributed by atoms with Gasteiger partial charge in [0.05, 0.1) is 0 Å². The van der Waals surface area contributed by atoms with Gasteiger partial charge in [-0.2, -0.15) is 0 Å². The van der Waals surface area contributed by atoms with Gasteiger partial charge in [-0.25, -0.2) is 0 Å². The molecule has 5 heteroatoms. The number of hydrogen-bond acceptors (Lipinski definition) is 3. The Morgan fingerprint density at radius 1 is 1.06 bits per heavy atom.